The Balaban J connectivity index is 2.12. The Labute approximate surface area is 114 Å². The second kappa shape index (κ2) is 5.87. The predicted molar refractivity (Wildman–Crippen MR) is 75.0 cm³/mol. The maximum Gasteiger partial charge on any atom is 0.0917 e. The molecule has 0 saturated carbocycles. The summed E-state index contributed by atoms with van der Waals surface area (Å²) in [6.07, 6.45) is -0.451. The molecule has 1 saturated heterocycles. The van der Waals surface area contributed by atoms with Crippen molar-refractivity contribution in [2.45, 2.75) is 11.4 Å². The number of aliphatic hydroxyl groups excluding tert-OH is 1. The van der Waals surface area contributed by atoms with Crippen LogP contribution in [0.1, 0.15) is 11.7 Å². The van der Waals surface area contributed by atoms with Crippen molar-refractivity contribution in [3.05, 3.63) is 33.8 Å². The summed E-state index contributed by atoms with van der Waals surface area (Å²) in [5, 5.41) is 11.5. The highest BCUT2D eigenvalue weighted by Crippen LogP contribution is 2.35. The number of halogens is 2. The maximum absolute atomic E-state index is 10.2. The van der Waals surface area contributed by atoms with Gasteiger partial charge in [0.25, 0.3) is 0 Å². The van der Waals surface area contributed by atoms with Gasteiger partial charge in [-0.15, -0.1) is 0 Å². The van der Waals surface area contributed by atoms with Crippen molar-refractivity contribution in [3.63, 3.8) is 0 Å². The Kier molecular flexibility index (Phi) is 4.74. The average Bonchev–Trinajstić information content (AvgIpc) is 2.33. The standard InChI is InChI=1S/C11H12Cl2OS2/c12-8-2-1-7(5-9(8)13)11(14)10-6-15-3-4-16-10/h1-2,5,10-11,14H,3-4,6H2. The van der Waals surface area contributed by atoms with E-state index in [0.29, 0.717) is 10.0 Å². The summed E-state index contributed by atoms with van der Waals surface area (Å²) in [4.78, 5) is 0. The van der Waals surface area contributed by atoms with Crippen molar-refractivity contribution < 1.29 is 5.11 Å². The van der Waals surface area contributed by atoms with Crippen molar-refractivity contribution in [3.8, 4) is 0 Å². The van der Waals surface area contributed by atoms with Crippen LogP contribution in [0.4, 0.5) is 0 Å². The van der Waals surface area contributed by atoms with Gasteiger partial charge in [-0.2, -0.15) is 23.5 Å². The number of hydrogen-bond acceptors (Lipinski definition) is 3. The van der Waals surface area contributed by atoms with E-state index < -0.39 is 6.10 Å². The minimum atomic E-state index is -0.451. The fourth-order valence-corrected chi connectivity index (χ4v) is 4.66. The fraction of sp³-hybridized carbons (Fsp3) is 0.455. The summed E-state index contributed by atoms with van der Waals surface area (Å²) in [5.74, 6) is 3.27. The first-order chi connectivity index (χ1) is 7.68. The number of rotatable bonds is 2. The van der Waals surface area contributed by atoms with Crippen molar-refractivity contribution in [2.75, 3.05) is 17.3 Å². The molecular formula is C11H12Cl2OS2. The number of hydrogen-bond donors (Lipinski definition) is 1. The SMILES string of the molecule is OC(c1ccc(Cl)c(Cl)c1)C1CSCCS1. The van der Waals surface area contributed by atoms with Gasteiger partial charge < -0.3 is 5.11 Å². The maximum atomic E-state index is 10.2. The van der Waals surface area contributed by atoms with Gasteiger partial charge in [0.1, 0.15) is 0 Å². The Morgan fingerprint density at radius 3 is 2.69 bits per heavy atom. The molecule has 1 fully saturated rings. The lowest BCUT2D eigenvalue weighted by Crippen LogP contribution is -2.22. The lowest BCUT2D eigenvalue weighted by molar-refractivity contribution is 0.180. The van der Waals surface area contributed by atoms with Gasteiger partial charge in [0.15, 0.2) is 0 Å². The molecule has 2 rings (SSSR count). The molecule has 0 aromatic heterocycles. The van der Waals surface area contributed by atoms with Gasteiger partial charge in [-0.25, -0.2) is 0 Å². The first-order valence-corrected chi connectivity index (χ1v) is 7.97. The van der Waals surface area contributed by atoms with Crippen LogP contribution in [0.15, 0.2) is 18.2 Å². The van der Waals surface area contributed by atoms with E-state index in [0.717, 1.165) is 17.1 Å². The summed E-state index contributed by atoms with van der Waals surface area (Å²) < 4.78 is 0. The zero-order valence-corrected chi connectivity index (χ0v) is 11.7. The van der Waals surface area contributed by atoms with Gasteiger partial charge in [0.2, 0.25) is 0 Å². The van der Waals surface area contributed by atoms with E-state index >= 15 is 0 Å². The smallest absolute Gasteiger partial charge is 0.0917 e. The molecular weight excluding hydrogens is 283 g/mol. The second-order valence-corrected chi connectivity index (χ2v) is 6.91. The van der Waals surface area contributed by atoms with Crippen LogP contribution in [0, 0.1) is 0 Å². The van der Waals surface area contributed by atoms with Crippen LogP contribution in [0.2, 0.25) is 10.0 Å². The summed E-state index contributed by atoms with van der Waals surface area (Å²) in [7, 11) is 0. The van der Waals surface area contributed by atoms with E-state index in [2.05, 4.69) is 0 Å². The van der Waals surface area contributed by atoms with E-state index in [-0.39, 0.29) is 5.25 Å². The molecule has 88 valence electrons. The van der Waals surface area contributed by atoms with Gasteiger partial charge in [0, 0.05) is 22.5 Å². The summed E-state index contributed by atoms with van der Waals surface area (Å²) >= 11 is 15.5. The van der Waals surface area contributed by atoms with Crippen molar-refractivity contribution in [2.24, 2.45) is 0 Å². The molecule has 0 radical (unpaired) electrons. The predicted octanol–water partition coefficient (Wildman–Crippen LogP) is 3.88. The first-order valence-electron chi connectivity index (χ1n) is 5.01. The fourth-order valence-electron chi connectivity index (χ4n) is 1.60. The molecule has 5 heteroatoms. The number of aliphatic hydroxyl groups is 1. The van der Waals surface area contributed by atoms with Crippen LogP contribution in [-0.4, -0.2) is 27.6 Å². The molecule has 0 spiro atoms. The lowest BCUT2D eigenvalue weighted by atomic mass is 10.1. The number of benzene rings is 1. The van der Waals surface area contributed by atoms with Crippen LogP contribution in [0.25, 0.3) is 0 Å². The summed E-state index contributed by atoms with van der Waals surface area (Å²) in [6, 6.07) is 5.34. The highest BCUT2D eigenvalue weighted by atomic mass is 35.5. The highest BCUT2D eigenvalue weighted by molar-refractivity contribution is 8.06. The zero-order chi connectivity index (χ0) is 11.5. The molecule has 1 aromatic carbocycles. The minimum Gasteiger partial charge on any atom is -0.387 e. The Hall–Kier alpha value is 0.460. The van der Waals surface area contributed by atoms with Gasteiger partial charge >= 0.3 is 0 Å². The third-order valence-corrected chi connectivity index (χ3v) is 6.07. The molecule has 1 nitrogen and oxygen atoms in total. The van der Waals surface area contributed by atoms with Crippen molar-refractivity contribution in [1.29, 1.82) is 0 Å². The van der Waals surface area contributed by atoms with Crippen LogP contribution in [0.5, 0.6) is 0 Å². The molecule has 2 atom stereocenters. The molecule has 2 unspecified atom stereocenters. The normalized spacial score (nSPS) is 23.1. The molecule has 1 aliphatic heterocycles. The monoisotopic (exact) mass is 294 g/mol. The Morgan fingerprint density at radius 1 is 1.25 bits per heavy atom. The van der Waals surface area contributed by atoms with Gasteiger partial charge in [-0.05, 0) is 17.7 Å². The van der Waals surface area contributed by atoms with Crippen LogP contribution in [-0.2, 0) is 0 Å². The third kappa shape index (κ3) is 3.02. The van der Waals surface area contributed by atoms with Crippen LogP contribution in [0.3, 0.4) is 0 Å². The second-order valence-electron chi connectivity index (χ2n) is 3.60. The highest BCUT2D eigenvalue weighted by Gasteiger charge is 2.24. The Bertz CT molecular complexity index is 367. The molecule has 1 heterocycles. The Morgan fingerprint density at radius 2 is 2.06 bits per heavy atom. The minimum absolute atomic E-state index is 0.260. The van der Waals surface area contributed by atoms with Gasteiger partial charge in [-0.3, -0.25) is 0 Å². The van der Waals surface area contributed by atoms with Gasteiger partial charge in [-0.1, -0.05) is 29.3 Å². The third-order valence-electron chi connectivity index (χ3n) is 2.48. The van der Waals surface area contributed by atoms with E-state index in [4.69, 9.17) is 23.2 Å². The van der Waals surface area contributed by atoms with Crippen molar-refractivity contribution >= 4 is 46.7 Å². The quantitative estimate of drug-likeness (QED) is 0.894. The molecule has 1 N–H and O–H groups in total. The van der Waals surface area contributed by atoms with Crippen LogP contribution < -0.4 is 0 Å². The van der Waals surface area contributed by atoms with E-state index in [1.807, 2.05) is 29.6 Å². The zero-order valence-electron chi connectivity index (χ0n) is 8.53. The molecule has 16 heavy (non-hydrogen) atoms. The summed E-state index contributed by atoms with van der Waals surface area (Å²) in [6.45, 7) is 0. The first kappa shape index (κ1) is 12.9. The average molecular weight is 295 g/mol. The van der Waals surface area contributed by atoms with Gasteiger partial charge in [0.05, 0.1) is 16.1 Å². The largest absolute Gasteiger partial charge is 0.387 e. The van der Waals surface area contributed by atoms with Crippen molar-refractivity contribution in [1.82, 2.24) is 0 Å². The van der Waals surface area contributed by atoms with E-state index in [9.17, 15) is 5.11 Å². The lowest BCUT2D eigenvalue weighted by Gasteiger charge is -2.26. The topological polar surface area (TPSA) is 20.2 Å². The van der Waals surface area contributed by atoms with Crippen LogP contribution >= 0.6 is 46.7 Å². The molecule has 1 aliphatic rings. The summed E-state index contributed by atoms with van der Waals surface area (Å²) in [5.41, 5.74) is 0.856. The van der Waals surface area contributed by atoms with E-state index in [1.165, 1.54) is 5.75 Å². The number of thioether (sulfide) groups is 2. The van der Waals surface area contributed by atoms with E-state index in [1.54, 1.807) is 12.1 Å². The molecule has 0 bridgehead atoms. The molecule has 0 aliphatic carbocycles. The molecule has 0 amide bonds. The molecule has 1 aromatic rings.